The highest BCUT2D eigenvalue weighted by Crippen LogP contribution is 2.51. The number of halogens is 7. The fourth-order valence-corrected chi connectivity index (χ4v) is 2.45. The highest BCUT2D eigenvalue weighted by molar-refractivity contribution is 5.87. The van der Waals surface area contributed by atoms with E-state index in [1.54, 1.807) is 0 Å². The lowest BCUT2D eigenvalue weighted by atomic mass is 9.84. The van der Waals surface area contributed by atoms with Gasteiger partial charge in [-0.3, -0.25) is 4.70 Å². The topological polar surface area (TPSA) is 46.5 Å². The average molecular weight is 354 g/mol. The Morgan fingerprint density at radius 3 is 1.83 bits per heavy atom. The van der Waals surface area contributed by atoms with Crippen LogP contribution in [0.15, 0.2) is 12.2 Å². The van der Waals surface area contributed by atoms with Crippen molar-refractivity contribution in [2.45, 2.75) is 62.6 Å². The number of hydrogen-bond acceptors (Lipinski definition) is 3. The van der Waals surface area contributed by atoms with Crippen LogP contribution in [-0.2, 0) is 9.53 Å². The molecule has 0 bridgehead atoms. The van der Waals surface area contributed by atoms with E-state index in [0.29, 0.717) is 12.8 Å². The van der Waals surface area contributed by atoms with Crippen molar-refractivity contribution in [3.05, 3.63) is 12.2 Å². The smallest absolute Gasteiger partial charge is 0.426 e. The number of hydrogen-bond donors (Lipinski definition) is 1. The van der Waals surface area contributed by atoms with Crippen LogP contribution in [0.1, 0.15) is 39.0 Å². The highest BCUT2D eigenvalue weighted by atomic mass is 19.4. The van der Waals surface area contributed by atoms with Crippen molar-refractivity contribution in [1.82, 2.24) is 0 Å². The molecule has 1 fully saturated rings. The Bertz CT molecular complexity index is 433. The highest BCUT2D eigenvalue weighted by Gasteiger charge is 2.72. The number of esters is 1. The Labute approximate surface area is 127 Å². The van der Waals surface area contributed by atoms with Gasteiger partial charge in [-0.1, -0.05) is 6.58 Å². The summed E-state index contributed by atoms with van der Waals surface area (Å²) in [5.41, 5.74) is -7.08. The molecule has 23 heavy (non-hydrogen) atoms. The fourth-order valence-electron chi connectivity index (χ4n) is 2.45. The number of rotatable bonds is 4. The van der Waals surface area contributed by atoms with E-state index in [0.717, 1.165) is 0 Å². The van der Waals surface area contributed by atoms with Gasteiger partial charge in [-0.25, -0.2) is 4.79 Å². The van der Waals surface area contributed by atoms with Crippen molar-refractivity contribution in [3.8, 4) is 0 Å². The van der Waals surface area contributed by atoms with E-state index in [4.69, 9.17) is 4.74 Å². The Kier molecular flexibility index (Phi) is 6.28. The lowest BCUT2D eigenvalue weighted by Crippen LogP contribution is -2.60. The molecule has 10 heteroatoms. The van der Waals surface area contributed by atoms with Crippen molar-refractivity contribution < 1.29 is 45.7 Å². The summed E-state index contributed by atoms with van der Waals surface area (Å²) in [5.74, 6) is -1.08. The van der Waals surface area contributed by atoms with Gasteiger partial charge in [0, 0.05) is 12.0 Å². The van der Waals surface area contributed by atoms with E-state index in [1.165, 1.54) is 6.92 Å². The zero-order chi connectivity index (χ0) is 17.4. The Morgan fingerprint density at radius 1 is 1.13 bits per heavy atom. The van der Waals surface area contributed by atoms with Crippen molar-refractivity contribution >= 4 is 5.97 Å². The predicted molar refractivity (Wildman–Crippen MR) is 66.3 cm³/mol. The molecule has 0 heterocycles. The molecular weight excluding hydrogens is 337 g/mol. The molecule has 0 amide bonds. The van der Waals surface area contributed by atoms with Crippen LogP contribution in [-0.4, -0.2) is 34.6 Å². The normalized spacial score (nSPS) is 18.3. The third-order valence-corrected chi connectivity index (χ3v) is 3.69. The molecule has 1 rings (SSSR count). The maximum atomic E-state index is 12.8. The molecule has 1 N–H and O–H groups in total. The molecule has 0 spiro atoms. The summed E-state index contributed by atoms with van der Waals surface area (Å²) >= 11 is 0. The number of alkyl halides is 6. The minimum Gasteiger partial charge on any atom is -0.456 e. The van der Waals surface area contributed by atoms with E-state index in [1.807, 2.05) is 0 Å². The van der Waals surface area contributed by atoms with Crippen molar-refractivity contribution in [2.24, 2.45) is 0 Å². The first-order valence-electron chi connectivity index (χ1n) is 6.49. The van der Waals surface area contributed by atoms with Crippen LogP contribution in [0.4, 0.5) is 31.0 Å². The minimum atomic E-state index is -5.93. The molecule has 0 aliphatic heterocycles. The van der Waals surface area contributed by atoms with Crippen LogP contribution < -0.4 is 0 Å². The van der Waals surface area contributed by atoms with Crippen LogP contribution >= 0.6 is 0 Å². The second kappa shape index (κ2) is 6.66. The summed E-state index contributed by atoms with van der Waals surface area (Å²) in [4.78, 5) is 11.5. The monoisotopic (exact) mass is 354 g/mol. The Balaban J connectivity index is 0.00000484. The first kappa shape index (κ1) is 21.7. The quantitative estimate of drug-likeness (QED) is 0.474. The molecule has 0 radical (unpaired) electrons. The number of aliphatic hydroxyl groups is 1. The summed E-state index contributed by atoms with van der Waals surface area (Å²) in [7, 11) is 0. The van der Waals surface area contributed by atoms with Gasteiger partial charge in [0.25, 0.3) is 5.60 Å². The molecular formula is C13H17F7O3. The SMILES string of the molecule is C=C(C)C(=O)OC1(CC(O)(C(F)(F)F)C(F)(F)F)CCCC1.F. The maximum absolute atomic E-state index is 12.8. The van der Waals surface area contributed by atoms with Crippen molar-refractivity contribution in [2.75, 3.05) is 0 Å². The summed E-state index contributed by atoms with van der Waals surface area (Å²) < 4.78 is 81.6. The van der Waals surface area contributed by atoms with E-state index >= 15 is 0 Å². The van der Waals surface area contributed by atoms with Gasteiger partial charge in [0.15, 0.2) is 0 Å². The van der Waals surface area contributed by atoms with Gasteiger partial charge in [0.1, 0.15) is 5.60 Å². The predicted octanol–water partition coefficient (Wildman–Crippen LogP) is 3.82. The van der Waals surface area contributed by atoms with Crippen molar-refractivity contribution in [1.29, 1.82) is 0 Å². The summed E-state index contributed by atoms with van der Waals surface area (Å²) in [6, 6.07) is 0. The molecule has 0 aromatic rings. The average Bonchev–Trinajstić information content (AvgIpc) is 2.74. The third-order valence-electron chi connectivity index (χ3n) is 3.69. The molecule has 1 aliphatic rings. The number of carbonyl (C=O) groups excluding carboxylic acids is 1. The Morgan fingerprint density at radius 2 is 1.52 bits per heavy atom. The van der Waals surface area contributed by atoms with Crippen LogP contribution in [0.25, 0.3) is 0 Å². The molecule has 3 nitrogen and oxygen atoms in total. The standard InChI is InChI=1S/C13H16F6O3.FH/c1-8(2)9(20)22-10(5-3-4-6-10)7-11(21,12(14,15)16)13(17,18)19;/h21H,1,3-7H2,2H3;1H. The largest absolute Gasteiger partial charge is 0.456 e. The molecule has 0 atom stereocenters. The van der Waals surface area contributed by atoms with Crippen LogP contribution in [0.2, 0.25) is 0 Å². The van der Waals surface area contributed by atoms with Gasteiger partial charge in [-0.15, -0.1) is 0 Å². The van der Waals surface area contributed by atoms with E-state index in [9.17, 15) is 36.2 Å². The van der Waals surface area contributed by atoms with Gasteiger partial charge < -0.3 is 9.84 Å². The van der Waals surface area contributed by atoms with Crippen LogP contribution in [0.5, 0.6) is 0 Å². The van der Waals surface area contributed by atoms with Gasteiger partial charge >= 0.3 is 18.3 Å². The minimum absolute atomic E-state index is 0. The molecule has 1 saturated carbocycles. The first-order valence-corrected chi connectivity index (χ1v) is 6.49. The van der Waals surface area contributed by atoms with E-state index in [2.05, 4.69) is 6.58 Å². The fraction of sp³-hybridized carbons (Fsp3) is 0.769. The second-order valence-electron chi connectivity index (χ2n) is 5.59. The maximum Gasteiger partial charge on any atom is 0.426 e. The van der Waals surface area contributed by atoms with Gasteiger partial charge in [0.2, 0.25) is 0 Å². The van der Waals surface area contributed by atoms with Crippen LogP contribution in [0.3, 0.4) is 0 Å². The zero-order valence-corrected chi connectivity index (χ0v) is 12.2. The number of carbonyl (C=O) groups is 1. The van der Waals surface area contributed by atoms with E-state index in [-0.39, 0.29) is 23.1 Å². The first-order chi connectivity index (χ1) is 9.74. The molecule has 0 unspecified atom stereocenters. The molecule has 0 aromatic heterocycles. The summed E-state index contributed by atoms with van der Waals surface area (Å²) in [5, 5.41) is 9.30. The van der Waals surface area contributed by atoms with Gasteiger partial charge in [0.05, 0.1) is 0 Å². The number of ether oxygens (including phenoxy) is 1. The second-order valence-corrected chi connectivity index (χ2v) is 5.59. The Hall–Kier alpha value is -1.32. The third kappa shape index (κ3) is 4.36. The summed E-state index contributed by atoms with van der Waals surface area (Å²) in [6.45, 7) is 4.47. The lowest BCUT2D eigenvalue weighted by molar-refractivity contribution is -0.378. The molecule has 136 valence electrons. The van der Waals surface area contributed by atoms with Gasteiger partial charge in [-0.2, -0.15) is 26.3 Å². The molecule has 0 aromatic carbocycles. The lowest BCUT2D eigenvalue weighted by Gasteiger charge is -2.39. The zero-order valence-electron chi connectivity index (χ0n) is 12.2. The van der Waals surface area contributed by atoms with Crippen molar-refractivity contribution in [3.63, 3.8) is 0 Å². The van der Waals surface area contributed by atoms with Gasteiger partial charge in [-0.05, 0) is 32.6 Å². The van der Waals surface area contributed by atoms with E-state index < -0.39 is 35.9 Å². The molecule has 1 aliphatic carbocycles. The molecule has 0 saturated heterocycles. The van der Waals surface area contributed by atoms with Crippen LogP contribution in [0, 0.1) is 0 Å². The summed E-state index contributed by atoms with van der Waals surface area (Å²) in [6.07, 6.45) is -13.4.